The van der Waals surface area contributed by atoms with Crippen molar-refractivity contribution in [1.82, 2.24) is 4.90 Å². The number of nitro groups is 1. The van der Waals surface area contributed by atoms with Crippen molar-refractivity contribution in [2.75, 3.05) is 44.3 Å². The Balaban J connectivity index is 1.96. The van der Waals surface area contributed by atoms with Crippen LogP contribution in [0.2, 0.25) is 0 Å². The summed E-state index contributed by atoms with van der Waals surface area (Å²) in [4.78, 5) is 27.6. The first-order valence-corrected chi connectivity index (χ1v) is 8.71. The van der Waals surface area contributed by atoms with Crippen LogP contribution in [0.5, 0.6) is 0 Å². The van der Waals surface area contributed by atoms with Crippen molar-refractivity contribution in [2.45, 2.75) is 25.9 Å². The van der Waals surface area contributed by atoms with Crippen LogP contribution in [0.3, 0.4) is 0 Å². The van der Waals surface area contributed by atoms with E-state index >= 15 is 0 Å². The summed E-state index contributed by atoms with van der Waals surface area (Å²) in [6, 6.07) is 5.44. The molecule has 2 fully saturated rings. The van der Waals surface area contributed by atoms with Gasteiger partial charge < -0.3 is 19.9 Å². The fourth-order valence-electron chi connectivity index (χ4n) is 3.67. The summed E-state index contributed by atoms with van der Waals surface area (Å²) in [6.45, 7) is 7.96. The number of piperazine rings is 1. The van der Waals surface area contributed by atoms with E-state index in [2.05, 4.69) is 24.1 Å². The van der Waals surface area contributed by atoms with Crippen LogP contribution < -0.4 is 10.2 Å². The van der Waals surface area contributed by atoms with Crippen LogP contribution >= 0.6 is 0 Å². The highest BCUT2D eigenvalue weighted by Crippen LogP contribution is 2.28. The number of nitrogens with zero attached hydrogens (tertiary/aromatic N) is 3. The second kappa shape index (κ2) is 7.37. The molecule has 1 amide bonds. The fourth-order valence-corrected chi connectivity index (χ4v) is 3.67. The van der Waals surface area contributed by atoms with Crippen LogP contribution in [0.15, 0.2) is 18.2 Å². The number of nitrogens with two attached hydrogens (primary N) is 1. The number of quaternary nitrogens is 1. The van der Waals surface area contributed by atoms with E-state index < -0.39 is 4.92 Å². The molecular weight excluding hydrogens is 324 g/mol. The molecule has 1 aromatic rings. The van der Waals surface area contributed by atoms with Crippen molar-refractivity contribution in [2.24, 2.45) is 0 Å². The van der Waals surface area contributed by atoms with E-state index in [-0.39, 0.29) is 11.6 Å². The van der Waals surface area contributed by atoms with Crippen LogP contribution in [0.1, 0.15) is 24.2 Å². The number of nitro benzene ring substituents is 1. The third kappa shape index (κ3) is 3.91. The molecule has 1 aromatic carbocycles. The molecule has 0 radical (unpaired) electrons. The number of benzene rings is 1. The van der Waals surface area contributed by atoms with E-state index in [1.165, 1.54) is 12.1 Å². The average molecular weight is 349 g/mol. The molecule has 2 heterocycles. The lowest BCUT2D eigenvalue weighted by Crippen LogP contribution is -2.99. The number of rotatable bonds is 3. The lowest BCUT2D eigenvalue weighted by atomic mass is 10.1. The maximum Gasteiger partial charge on any atom is 0.270 e. The van der Waals surface area contributed by atoms with Crippen molar-refractivity contribution in [3.63, 3.8) is 0 Å². The van der Waals surface area contributed by atoms with Crippen LogP contribution in [-0.2, 0) is 4.74 Å². The molecule has 25 heavy (non-hydrogen) atoms. The van der Waals surface area contributed by atoms with Crippen LogP contribution in [-0.4, -0.2) is 67.2 Å². The Hall–Kier alpha value is -2.19. The first kappa shape index (κ1) is 17.6. The zero-order valence-electron chi connectivity index (χ0n) is 14.7. The second-order valence-electron chi connectivity index (χ2n) is 6.92. The smallest absolute Gasteiger partial charge is 0.270 e. The lowest BCUT2D eigenvalue weighted by molar-refractivity contribution is -0.716. The number of hydrogen-bond donors (Lipinski definition) is 1. The van der Waals surface area contributed by atoms with Crippen molar-refractivity contribution in [3.05, 3.63) is 33.9 Å². The fraction of sp³-hybridized carbons (Fsp3) is 0.588. The number of ether oxygens (including phenoxy) is 1. The minimum absolute atomic E-state index is 0.0509. The second-order valence-corrected chi connectivity index (χ2v) is 6.92. The predicted molar refractivity (Wildman–Crippen MR) is 92.9 cm³/mol. The zero-order valence-corrected chi connectivity index (χ0v) is 14.7. The Labute approximate surface area is 146 Å². The maximum atomic E-state index is 13.0. The van der Waals surface area contributed by atoms with E-state index in [1.54, 1.807) is 11.0 Å². The third-order valence-electron chi connectivity index (χ3n) is 4.73. The van der Waals surface area contributed by atoms with Gasteiger partial charge in [0.2, 0.25) is 0 Å². The number of non-ortho nitro benzene ring substituents is 1. The maximum absolute atomic E-state index is 13.0. The quantitative estimate of drug-likeness (QED) is 0.623. The minimum Gasteiger partial charge on any atom is -0.378 e. The van der Waals surface area contributed by atoms with Gasteiger partial charge in [-0.25, -0.2) is 0 Å². The Kier molecular flexibility index (Phi) is 5.19. The molecule has 0 spiro atoms. The summed E-state index contributed by atoms with van der Waals surface area (Å²) < 4.78 is 5.31. The summed E-state index contributed by atoms with van der Waals surface area (Å²) in [6.07, 6.45) is 0. The molecule has 136 valence electrons. The molecule has 8 nitrogen and oxygen atoms in total. The van der Waals surface area contributed by atoms with Gasteiger partial charge in [-0.2, -0.15) is 0 Å². The molecule has 2 aliphatic heterocycles. The molecule has 0 aliphatic carbocycles. The van der Waals surface area contributed by atoms with Crippen molar-refractivity contribution < 1.29 is 19.8 Å². The molecule has 2 aliphatic rings. The molecular formula is C17H25N4O4+. The van der Waals surface area contributed by atoms with Gasteiger partial charge in [0.1, 0.15) is 12.1 Å². The Morgan fingerprint density at radius 1 is 1.24 bits per heavy atom. The molecule has 3 rings (SSSR count). The zero-order chi connectivity index (χ0) is 18.0. The molecule has 2 atom stereocenters. The first-order valence-electron chi connectivity index (χ1n) is 8.71. The summed E-state index contributed by atoms with van der Waals surface area (Å²) in [5.41, 5.74) is 1.15. The molecule has 2 N–H and O–H groups in total. The average Bonchev–Trinajstić information content (AvgIpc) is 2.60. The van der Waals surface area contributed by atoms with E-state index in [0.717, 1.165) is 18.8 Å². The van der Waals surface area contributed by atoms with Crippen molar-refractivity contribution >= 4 is 17.3 Å². The van der Waals surface area contributed by atoms with Gasteiger partial charge >= 0.3 is 0 Å². The largest absolute Gasteiger partial charge is 0.378 e. The van der Waals surface area contributed by atoms with E-state index in [9.17, 15) is 14.9 Å². The summed E-state index contributed by atoms with van der Waals surface area (Å²) in [7, 11) is 0. The van der Waals surface area contributed by atoms with Gasteiger partial charge in [0.25, 0.3) is 11.6 Å². The number of anilines is 1. The van der Waals surface area contributed by atoms with Gasteiger partial charge in [-0.1, -0.05) is 0 Å². The first-order chi connectivity index (χ1) is 12.0. The minimum atomic E-state index is -0.449. The van der Waals surface area contributed by atoms with Crippen molar-refractivity contribution in [1.29, 1.82) is 0 Å². The van der Waals surface area contributed by atoms with Gasteiger partial charge in [0.05, 0.1) is 42.5 Å². The van der Waals surface area contributed by atoms with E-state index in [1.807, 2.05) is 0 Å². The van der Waals surface area contributed by atoms with Crippen molar-refractivity contribution in [3.8, 4) is 0 Å². The van der Waals surface area contributed by atoms with Crippen LogP contribution in [0, 0.1) is 10.1 Å². The van der Waals surface area contributed by atoms with Crippen LogP contribution in [0.25, 0.3) is 0 Å². The molecule has 0 bridgehead atoms. The standard InChI is InChI=1S/C17H24N4O4/c1-12-10-20(11-13(2)18-12)16-4-3-14(21(23)24)9-15(16)17(22)19-5-7-25-8-6-19/h3-4,9,12-13,18H,5-8,10-11H2,1-2H3/p+1/t12-,13-/m1/s1. The highest BCUT2D eigenvalue weighted by molar-refractivity contribution is 6.00. The Bertz CT molecular complexity index is 650. The number of carbonyl (C=O) groups excluding carboxylic acids is 1. The van der Waals surface area contributed by atoms with E-state index in [4.69, 9.17) is 4.74 Å². The highest BCUT2D eigenvalue weighted by atomic mass is 16.6. The van der Waals surface area contributed by atoms with Crippen LogP contribution in [0.4, 0.5) is 11.4 Å². The van der Waals surface area contributed by atoms with Gasteiger partial charge in [-0.3, -0.25) is 14.9 Å². The Morgan fingerprint density at radius 2 is 1.88 bits per heavy atom. The van der Waals surface area contributed by atoms with Gasteiger partial charge in [-0.15, -0.1) is 0 Å². The van der Waals surface area contributed by atoms with Gasteiger partial charge in [0, 0.05) is 25.2 Å². The normalized spacial score (nSPS) is 24.2. The molecule has 2 saturated heterocycles. The number of hydrogen-bond acceptors (Lipinski definition) is 5. The number of carbonyl (C=O) groups is 1. The Morgan fingerprint density at radius 3 is 2.48 bits per heavy atom. The summed E-state index contributed by atoms with van der Waals surface area (Å²) in [5.74, 6) is -0.156. The lowest BCUT2D eigenvalue weighted by Gasteiger charge is -2.36. The molecule has 0 unspecified atom stereocenters. The monoisotopic (exact) mass is 349 g/mol. The molecule has 0 saturated carbocycles. The molecule has 8 heteroatoms. The summed E-state index contributed by atoms with van der Waals surface area (Å²) in [5, 5.41) is 13.5. The van der Waals surface area contributed by atoms with E-state index in [0.29, 0.717) is 44.0 Å². The number of amides is 1. The summed E-state index contributed by atoms with van der Waals surface area (Å²) >= 11 is 0. The predicted octanol–water partition coefficient (Wildman–Crippen LogP) is 0.228. The highest BCUT2D eigenvalue weighted by Gasteiger charge is 2.30. The topological polar surface area (TPSA) is 92.5 Å². The number of morpholine rings is 1. The third-order valence-corrected chi connectivity index (χ3v) is 4.73. The SMILES string of the molecule is C[C@@H]1CN(c2ccc([N+](=O)[O-])cc2C(=O)N2CCOCC2)C[C@@H](C)[NH2+]1. The van der Waals surface area contributed by atoms with Gasteiger partial charge in [-0.05, 0) is 19.9 Å². The van der Waals surface area contributed by atoms with Gasteiger partial charge in [0.15, 0.2) is 0 Å². The molecule has 0 aromatic heterocycles.